The quantitative estimate of drug-likeness (QED) is 0.829. The number of carbonyl (C=O) groups is 1. The Morgan fingerprint density at radius 2 is 2.19 bits per heavy atom. The smallest absolute Gasteiger partial charge is 0.250 e. The van der Waals surface area contributed by atoms with E-state index in [1.807, 2.05) is 31.2 Å². The summed E-state index contributed by atoms with van der Waals surface area (Å²) in [5, 5.41) is 6.07. The van der Waals surface area contributed by atoms with Crippen LogP contribution < -0.4 is 10.6 Å². The minimum atomic E-state index is -0.386. The summed E-state index contributed by atoms with van der Waals surface area (Å²) in [5.41, 5.74) is 2.19. The molecule has 0 bridgehead atoms. The van der Waals surface area contributed by atoms with E-state index >= 15 is 0 Å². The van der Waals surface area contributed by atoms with Crippen LogP contribution in [-0.4, -0.2) is 38.3 Å². The number of hydrogen-bond acceptors (Lipinski definition) is 4. The summed E-state index contributed by atoms with van der Waals surface area (Å²) in [6.07, 6.45) is -0.386. The Kier molecular flexibility index (Phi) is 8.30. The fourth-order valence-corrected chi connectivity index (χ4v) is 2.11. The molecule has 1 fully saturated rings. The molecule has 1 atom stereocenters. The second-order valence-corrected chi connectivity index (χ2v) is 4.69. The monoisotopic (exact) mass is 314 g/mol. The molecule has 1 aliphatic rings. The second kappa shape index (κ2) is 9.73. The lowest BCUT2D eigenvalue weighted by atomic mass is 10.1. The van der Waals surface area contributed by atoms with Crippen molar-refractivity contribution in [2.75, 3.05) is 26.3 Å². The van der Waals surface area contributed by atoms with Crippen molar-refractivity contribution in [3.8, 4) is 0 Å². The molecule has 2 rings (SSSR count). The average molecular weight is 315 g/mol. The summed E-state index contributed by atoms with van der Waals surface area (Å²) in [6.45, 7) is 5.69. The molecule has 6 heteroatoms. The van der Waals surface area contributed by atoms with Crippen LogP contribution in [0.5, 0.6) is 0 Å². The molecule has 0 aliphatic carbocycles. The van der Waals surface area contributed by atoms with Crippen molar-refractivity contribution in [2.45, 2.75) is 26.2 Å². The van der Waals surface area contributed by atoms with Gasteiger partial charge >= 0.3 is 0 Å². The minimum Gasteiger partial charge on any atom is -0.377 e. The molecule has 1 unspecified atom stereocenters. The first-order valence-corrected chi connectivity index (χ1v) is 7.05. The summed E-state index contributed by atoms with van der Waals surface area (Å²) in [7, 11) is 0. The van der Waals surface area contributed by atoms with Crippen molar-refractivity contribution in [1.29, 1.82) is 0 Å². The highest BCUT2D eigenvalue weighted by Crippen LogP contribution is 2.10. The molecule has 1 aliphatic heterocycles. The fraction of sp³-hybridized carbons (Fsp3) is 0.533. The maximum Gasteiger partial charge on any atom is 0.250 e. The SMILES string of the molecule is CCOCc1ccccc1CNC(=O)C1CNCCO1.Cl. The maximum absolute atomic E-state index is 12.0. The molecule has 1 aromatic carbocycles. The zero-order valence-corrected chi connectivity index (χ0v) is 13.1. The molecule has 0 aromatic heterocycles. The molecular formula is C15H23ClN2O3. The summed E-state index contributed by atoms with van der Waals surface area (Å²) >= 11 is 0. The predicted molar refractivity (Wildman–Crippen MR) is 83.5 cm³/mol. The number of morpholine rings is 1. The standard InChI is InChI=1S/C15H22N2O3.ClH/c1-2-19-11-13-6-4-3-5-12(13)9-17-15(18)14-10-16-7-8-20-14;/h3-6,14,16H,2,7-11H2,1H3,(H,17,18);1H. The van der Waals surface area contributed by atoms with Gasteiger partial charge < -0.3 is 20.1 Å². The third-order valence-corrected chi connectivity index (χ3v) is 3.25. The first kappa shape index (κ1) is 17.9. The van der Waals surface area contributed by atoms with E-state index < -0.39 is 0 Å². The highest BCUT2D eigenvalue weighted by atomic mass is 35.5. The molecule has 2 N–H and O–H groups in total. The van der Waals surface area contributed by atoms with E-state index in [2.05, 4.69) is 10.6 Å². The Hall–Kier alpha value is -1.14. The van der Waals surface area contributed by atoms with Crippen LogP contribution in [0.25, 0.3) is 0 Å². The van der Waals surface area contributed by atoms with E-state index in [-0.39, 0.29) is 24.4 Å². The first-order valence-electron chi connectivity index (χ1n) is 7.05. The van der Waals surface area contributed by atoms with Gasteiger partial charge in [0.05, 0.1) is 13.2 Å². The van der Waals surface area contributed by atoms with Crippen LogP contribution >= 0.6 is 12.4 Å². The molecular weight excluding hydrogens is 292 g/mol. The van der Waals surface area contributed by atoms with Gasteiger partial charge in [-0.1, -0.05) is 24.3 Å². The van der Waals surface area contributed by atoms with E-state index in [9.17, 15) is 4.79 Å². The van der Waals surface area contributed by atoms with Gasteiger partial charge in [-0.2, -0.15) is 0 Å². The van der Waals surface area contributed by atoms with Gasteiger partial charge in [0.1, 0.15) is 6.10 Å². The fourth-order valence-electron chi connectivity index (χ4n) is 2.11. The van der Waals surface area contributed by atoms with Gasteiger partial charge in [0.15, 0.2) is 0 Å². The number of rotatable bonds is 6. The Bertz CT molecular complexity index is 437. The second-order valence-electron chi connectivity index (χ2n) is 4.69. The zero-order valence-electron chi connectivity index (χ0n) is 12.3. The van der Waals surface area contributed by atoms with Crippen LogP contribution in [0.15, 0.2) is 24.3 Å². The molecule has 118 valence electrons. The lowest BCUT2D eigenvalue weighted by molar-refractivity contribution is -0.134. The normalized spacial score (nSPS) is 17.9. The number of hydrogen-bond donors (Lipinski definition) is 2. The number of amides is 1. The van der Waals surface area contributed by atoms with Gasteiger partial charge in [0.25, 0.3) is 5.91 Å². The lowest BCUT2D eigenvalue weighted by Crippen LogP contribution is -2.47. The van der Waals surface area contributed by atoms with Crippen LogP contribution in [0.3, 0.4) is 0 Å². The van der Waals surface area contributed by atoms with Gasteiger partial charge in [-0.25, -0.2) is 0 Å². The van der Waals surface area contributed by atoms with Gasteiger partial charge in [0, 0.05) is 26.2 Å². The van der Waals surface area contributed by atoms with Gasteiger partial charge in [-0.15, -0.1) is 12.4 Å². The van der Waals surface area contributed by atoms with Crippen molar-refractivity contribution in [1.82, 2.24) is 10.6 Å². The van der Waals surface area contributed by atoms with Crippen LogP contribution in [0.4, 0.5) is 0 Å². The molecule has 5 nitrogen and oxygen atoms in total. The average Bonchev–Trinajstić information content (AvgIpc) is 2.52. The Morgan fingerprint density at radius 3 is 2.86 bits per heavy atom. The van der Waals surface area contributed by atoms with Crippen molar-refractivity contribution in [3.05, 3.63) is 35.4 Å². The van der Waals surface area contributed by atoms with Crippen LogP contribution in [0, 0.1) is 0 Å². The Morgan fingerprint density at radius 1 is 1.43 bits per heavy atom. The number of ether oxygens (including phenoxy) is 2. The topological polar surface area (TPSA) is 59.6 Å². The molecule has 1 amide bonds. The number of carbonyl (C=O) groups excluding carboxylic acids is 1. The number of halogens is 1. The lowest BCUT2D eigenvalue weighted by Gasteiger charge is -2.23. The van der Waals surface area contributed by atoms with Crippen molar-refractivity contribution in [3.63, 3.8) is 0 Å². The summed E-state index contributed by atoms with van der Waals surface area (Å²) in [5.74, 6) is -0.0663. The molecule has 0 radical (unpaired) electrons. The van der Waals surface area contributed by atoms with Gasteiger partial charge in [-0.05, 0) is 18.1 Å². The summed E-state index contributed by atoms with van der Waals surface area (Å²) in [4.78, 5) is 12.0. The van der Waals surface area contributed by atoms with Crippen LogP contribution in [0.2, 0.25) is 0 Å². The first-order chi connectivity index (χ1) is 9.81. The van der Waals surface area contributed by atoms with Crippen molar-refractivity contribution >= 4 is 18.3 Å². The van der Waals surface area contributed by atoms with Crippen LogP contribution in [0.1, 0.15) is 18.1 Å². The van der Waals surface area contributed by atoms with Crippen LogP contribution in [-0.2, 0) is 27.4 Å². The number of nitrogens with one attached hydrogen (secondary N) is 2. The Labute approximate surface area is 131 Å². The van der Waals surface area contributed by atoms with E-state index in [0.717, 1.165) is 17.7 Å². The largest absolute Gasteiger partial charge is 0.377 e. The highest BCUT2D eigenvalue weighted by Gasteiger charge is 2.21. The molecule has 1 heterocycles. The van der Waals surface area contributed by atoms with E-state index in [0.29, 0.717) is 32.9 Å². The van der Waals surface area contributed by atoms with Gasteiger partial charge in [0.2, 0.25) is 0 Å². The van der Waals surface area contributed by atoms with E-state index in [1.54, 1.807) is 0 Å². The third-order valence-electron chi connectivity index (χ3n) is 3.25. The summed E-state index contributed by atoms with van der Waals surface area (Å²) in [6, 6.07) is 7.98. The summed E-state index contributed by atoms with van der Waals surface area (Å²) < 4.78 is 10.9. The molecule has 1 aromatic rings. The molecule has 1 saturated heterocycles. The van der Waals surface area contributed by atoms with Crippen molar-refractivity contribution < 1.29 is 14.3 Å². The van der Waals surface area contributed by atoms with Gasteiger partial charge in [-0.3, -0.25) is 4.79 Å². The van der Waals surface area contributed by atoms with E-state index in [1.165, 1.54) is 0 Å². The predicted octanol–water partition coefficient (Wildman–Crippen LogP) is 1.25. The Balaban J connectivity index is 0.00000220. The molecule has 21 heavy (non-hydrogen) atoms. The van der Waals surface area contributed by atoms with E-state index in [4.69, 9.17) is 9.47 Å². The minimum absolute atomic E-state index is 0. The third kappa shape index (κ3) is 5.63. The molecule has 0 spiro atoms. The maximum atomic E-state index is 12.0. The highest BCUT2D eigenvalue weighted by molar-refractivity contribution is 5.85. The van der Waals surface area contributed by atoms with Crippen molar-refractivity contribution in [2.24, 2.45) is 0 Å². The number of benzene rings is 1. The molecule has 0 saturated carbocycles. The zero-order chi connectivity index (χ0) is 14.2.